The molecule has 1 aliphatic rings. The van der Waals surface area contributed by atoms with Crippen LogP contribution in [0.4, 0.5) is 11.4 Å². The van der Waals surface area contributed by atoms with E-state index in [1.54, 1.807) is 12.1 Å². The van der Waals surface area contributed by atoms with Gasteiger partial charge in [0.1, 0.15) is 6.07 Å². The molecule has 2 rings (SSSR count). The van der Waals surface area contributed by atoms with Gasteiger partial charge in [-0.2, -0.15) is 5.26 Å². The lowest BCUT2D eigenvalue weighted by molar-refractivity contribution is 0.0487. The van der Waals surface area contributed by atoms with Crippen molar-refractivity contribution in [2.24, 2.45) is 5.92 Å². The number of hydrogen-bond acceptors (Lipinski definition) is 4. The predicted octanol–water partition coefficient (Wildman–Crippen LogP) is 1.32. The summed E-state index contributed by atoms with van der Waals surface area (Å²) in [5, 5.41) is 21.3. The molecule has 0 unspecified atom stereocenters. The van der Waals surface area contributed by atoms with E-state index in [0.29, 0.717) is 17.2 Å². The maximum atomic E-state index is 9.16. The van der Waals surface area contributed by atoms with Crippen molar-refractivity contribution in [1.82, 2.24) is 0 Å². The first kappa shape index (κ1) is 10.8. The number of nitrogens with two attached hydrogens (primary N) is 1. The van der Waals surface area contributed by atoms with Gasteiger partial charge in [-0.15, -0.1) is 0 Å². The number of aliphatic hydroxyl groups excluding tert-OH is 1. The molecule has 0 aliphatic heterocycles. The minimum atomic E-state index is -0.131. The maximum absolute atomic E-state index is 9.16. The van der Waals surface area contributed by atoms with Crippen LogP contribution >= 0.6 is 0 Å². The van der Waals surface area contributed by atoms with Crippen molar-refractivity contribution in [1.29, 1.82) is 5.26 Å². The molecule has 1 aliphatic carbocycles. The third-order valence-electron chi connectivity index (χ3n) is 2.96. The van der Waals surface area contributed by atoms with E-state index in [1.165, 1.54) is 0 Å². The Hall–Kier alpha value is -1.73. The molecule has 84 valence electrons. The average molecular weight is 217 g/mol. The summed E-state index contributed by atoms with van der Waals surface area (Å²) < 4.78 is 0. The van der Waals surface area contributed by atoms with Crippen LogP contribution in [0.2, 0.25) is 0 Å². The van der Waals surface area contributed by atoms with Gasteiger partial charge in [0.25, 0.3) is 0 Å². The SMILES string of the molecule is N#Cc1cc(N)ccc1NCC1CC(O)C1. The Morgan fingerprint density at radius 2 is 2.25 bits per heavy atom. The van der Waals surface area contributed by atoms with Gasteiger partial charge in [0.05, 0.1) is 17.4 Å². The molecule has 0 atom stereocenters. The molecule has 0 spiro atoms. The first-order valence-corrected chi connectivity index (χ1v) is 5.40. The topological polar surface area (TPSA) is 82.1 Å². The highest BCUT2D eigenvalue weighted by Crippen LogP contribution is 2.28. The van der Waals surface area contributed by atoms with Gasteiger partial charge < -0.3 is 16.2 Å². The summed E-state index contributed by atoms with van der Waals surface area (Å²) in [7, 11) is 0. The highest BCUT2D eigenvalue weighted by Gasteiger charge is 2.26. The zero-order chi connectivity index (χ0) is 11.5. The Kier molecular flexibility index (Phi) is 2.97. The van der Waals surface area contributed by atoms with Gasteiger partial charge in [0.2, 0.25) is 0 Å². The molecule has 0 bridgehead atoms. The minimum absolute atomic E-state index is 0.131. The lowest BCUT2D eigenvalue weighted by Crippen LogP contribution is -2.33. The van der Waals surface area contributed by atoms with Crippen LogP contribution < -0.4 is 11.1 Å². The molecule has 1 aromatic rings. The Bertz CT molecular complexity index is 419. The molecule has 4 heteroatoms. The molecule has 0 heterocycles. The van der Waals surface area contributed by atoms with E-state index in [0.717, 1.165) is 25.1 Å². The van der Waals surface area contributed by atoms with Gasteiger partial charge in [0.15, 0.2) is 0 Å². The van der Waals surface area contributed by atoms with Crippen LogP contribution in [0.5, 0.6) is 0 Å². The summed E-state index contributed by atoms with van der Waals surface area (Å²) in [5.41, 5.74) is 7.59. The first-order valence-electron chi connectivity index (χ1n) is 5.40. The van der Waals surface area contributed by atoms with Crippen LogP contribution in [0, 0.1) is 17.2 Å². The number of anilines is 2. The molecule has 1 saturated carbocycles. The largest absolute Gasteiger partial charge is 0.399 e. The second-order valence-electron chi connectivity index (χ2n) is 4.29. The molecule has 1 aromatic carbocycles. The zero-order valence-corrected chi connectivity index (χ0v) is 8.98. The fourth-order valence-corrected chi connectivity index (χ4v) is 1.93. The lowest BCUT2D eigenvalue weighted by Gasteiger charge is -2.31. The van der Waals surface area contributed by atoms with Crippen LogP contribution in [-0.2, 0) is 0 Å². The van der Waals surface area contributed by atoms with Crippen LogP contribution in [0.15, 0.2) is 18.2 Å². The molecule has 4 nitrogen and oxygen atoms in total. The summed E-state index contributed by atoms with van der Waals surface area (Å²) in [6, 6.07) is 7.38. The molecular weight excluding hydrogens is 202 g/mol. The van der Waals surface area contributed by atoms with Gasteiger partial charge in [-0.05, 0) is 37.0 Å². The molecule has 0 saturated heterocycles. The van der Waals surface area contributed by atoms with E-state index in [1.807, 2.05) is 6.07 Å². The highest BCUT2D eigenvalue weighted by atomic mass is 16.3. The Morgan fingerprint density at radius 1 is 1.50 bits per heavy atom. The number of aliphatic hydroxyl groups is 1. The first-order chi connectivity index (χ1) is 7.69. The maximum Gasteiger partial charge on any atom is 0.101 e. The summed E-state index contributed by atoms with van der Waals surface area (Å²) in [6.07, 6.45) is 1.57. The molecular formula is C12H15N3O. The van der Waals surface area contributed by atoms with Crippen LogP contribution in [0.3, 0.4) is 0 Å². The van der Waals surface area contributed by atoms with Gasteiger partial charge >= 0.3 is 0 Å². The number of nitrogens with zero attached hydrogens (tertiary/aromatic N) is 1. The number of hydrogen-bond donors (Lipinski definition) is 3. The van der Waals surface area contributed by atoms with E-state index in [-0.39, 0.29) is 6.10 Å². The standard InChI is InChI=1S/C12H15N3O/c13-6-9-5-10(14)1-2-12(9)15-7-8-3-11(16)4-8/h1-2,5,8,11,15-16H,3-4,7,14H2. The van der Waals surface area contributed by atoms with Gasteiger partial charge in [-0.25, -0.2) is 0 Å². The summed E-state index contributed by atoms with van der Waals surface area (Å²) in [4.78, 5) is 0. The van der Waals surface area contributed by atoms with Crippen molar-refractivity contribution in [3.05, 3.63) is 23.8 Å². The third kappa shape index (κ3) is 2.26. The molecule has 1 fully saturated rings. The fourth-order valence-electron chi connectivity index (χ4n) is 1.93. The molecule has 0 aromatic heterocycles. The zero-order valence-electron chi connectivity index (χ0n) is 8.98. The summed E-state index contributed by atoms with van der Waals surface area (Å²) >= 11 is 0. The van der Waals surface area contributed by atoms with Crippen molar-refractivity contribution in [2.45, 2.75) is 18.9 Å². The van der Waals surface area contributed by atoms with Gasteiger partial charge in [-0.3, -0.25) is 0 Å². The second kappa shape index (κ2) is 4.42. The second-order valence-corrected chi connectivity index (χ2v) is 4.29. The van der Waals surface area contributed by atoms with E-state index in [9.17, 15) is 0 Å². The highest BCUT2D eigenvalue weighted by molar-refractivity contribution is 5.62. The van der Waals surface area contributed by atoms with Gasteiger partial charge in [0, 0.05) is 12.2 Å². The number of nitriles is 1. The summed E-state index contributed by atoms with van der Waals surface area (Å²) in [6.45, 7) is 0.801. The normalized spacial score (nSPS) is 23.2. The van der Waals surface area contributed by atoms with E-state index in [2.05, 4.69) is 11.4 Å². The fraction of sp³-hybridized carbons (Fsp3) is 0.417. The Balaban J connectivity index is 1.96. The summed E-state index contributed by atoms with van der Waals surface area (Å²) in [5.74, 6) is 0.513. The minimum Gasteiger partial charge on any atom is -0.399 e. The molecule has 0 amide bonds. The van der Waals surface area contributed by atoms with E-state index >= 15 is 0 Å². The smallest absolute Gasteiger partial charge is 0.101 e. The number of nitrogens with one attached hydrogen (secondary N) is 1. The molecule has 4 N–H and O–H groups in total. The van der Waals surface area contributed by atoms with E-state index in [4.69, 9.17) is 16.1 Å². The number of nitrogen functional groups attached to an aromatic ring is 1. The predicted molar refractivity (Wildman–Crippen MR) is 62.8 cm³/mol. The third-order valence-corrected chi connectivity index (χ3v) is 2.96. The van der Waals surface area contributed by atoms with Crippen molar-refractivity contribution >= 4 is 11.4 Å². The van der Waals surface area contributed by atoms with Crippen molar-refractivity contribution < 1.29 is 5.11 Å². The Labute approximate surface area is 94.7 Å². The number of benzene rings is 1. The van der Waals surface area contributed by atoms with E-state index < -0.39 is 0 Å². The van der Waals surface area contributed by atoms with Crippen LogP contribution in [0.25, 0.3) is 0 Å². The lowest BCUT2D eigenvalue weighted by atomic mass is 9.82. The van der Waals surface area contributed by atoms with Crippen LogP contribution in [-0.4, -0.2) is 17.8 Å². The van der Waals surface area contributed by atoms with Crippen molar-refractivity contribution in [3.8, 4) is 6.07 Å². The average Bonchev–Trinajstić information content (AvgIpc) is 2.24. The van der Waals surface area contributed by atoms with Crippen molar-refractivity contribution in [2.75, 3.05) is 17.6 Å². The molecule has 0 radical (unpaired) electrons. The quantitative estimate of drug-likeness (QED) is 0.667. The van der Waals surface area contributed by atoms with Crippen molar-refractivity contribution in [3.63, 3.8) is 0 Å². The monoisotopic (exact) mass is 217 g/mol. The number of rotatable bonds is 3. The van der Waals surface area contributed by atoms with Crippen LogP contribution in [0.1, 0.15) is 18.4 Å². The van der Waals surface area contributed by atoms with Gasteiger partial charge in [-0.1, -0.05) is 0 Å². The Morgan fingerprint density at radius 3 is 2.88 bits per heavy atom. The molecule has 16 heavy (non-hydrogen) atoms.